The number of nitrogens with zero attached hydrogens (tertiary/aromatic N) is 3. The van der Waals surface area contributed by atoms with Crippen molar-refractivity contribution in [3.63, 3.8) is 0 Å². The summed E-state index contributed by atoms with van der Waals surface area (Å²) in [6, 6.07) is -0.433. The zero-order chi connectivity index (χ0) is 17.8. The lowest BCUT2D eigenvalue weighted by Crippen LogP contribution is -2.54. The Morgan fingerprint density at radius 1 is 1.40 bits per heavy atom. The molecule has 138 valence electrons. The molecule has 0 spiro atoms. The van der Waals surface area contributed by atoms with Gasteiger partial charge in [-0.3, -0.25) is 14.7 Å². The van der Waals surface area contributed by atoms with E-state index in [1.165, 1.54) is 6.92 Å². The molecule has 8 heteroatoms. The van der Waals surface area contributed by atoms with E-state index < -0.39 is 6.04 Å². The standard InChI is InChI=1S/C17H27N5O3/c1-3-14-19-16(21-20-14)13-10-22(8-9-25-13)17(24)15(18-11(2)23)12-6-4-5-7-12/h12-13,15H,3-10H2,1-2H3,(H,18,23)(H,19,20,21)/t13-,15+/m1/s1. The predicted molar refractivity (Wildman–Crippen MR) is 90.6 cm³/mol. The normalized spacial score (nSPS) is 22.8. The SMILES string of the molecule is CCc1nc([C@H]2CN(C(=O)[C@@H](NC(C)=O)C3CCCC3)CCO2)n[nH]1. The molecule has 1 saturated heterocycles. The number of hydrogen-bond donors (Lipinski definition) is 2. The van der Waals surface area contributed by atoms with E-state index in [-0.39, 0.29) is 23.8 Å². The van der Waals surface area contributed by atoms with Crippen LogP contribution in [0.1, 0.15) is 57.3 Å². The fourth-order valence-electron chi connectivity index (χ4n) is 3.71. The molecule has 1 aliphatic heterocycles. The Morgan fingerprint density at radius 3 is 2.80 bits per heavy atom. The largest absolute Gasteiger partial charge is 0.366 e. The topological polar surface area (TPSA) is 100 Å². The number of aromatic amines is 1. The van der Waals surface area contributed by atoms with E-state index >= 15 is 0 Å². The lowest BCUT2D eigenvalue weighted by molar-refractivity contribution is -0.144. The lowest BCUT2D eigenvalue weighted by atomic mass is 9.96. The Kier molecular flexibility index (Phi) is 5.67. The number of aromatic nitrogens is 3. The summed E-state index contributed by atoms with van der Waals surface area (Å²) >= 11 is 0. The van der Waals surface area contributed by atoms with Gasteiger partial charge in [0.2, 0.25) is 11.8 Å². The fourth-order valence-corrected chi connectivity index (χ4v) is 3.71. The van der Waals surface area contributed by atoms with Crippen LogP contribution in [-0.4, -0.2) is 57.6 Å². The molecular weight excluding hydrogens is 322 g/mol. The Morgan fingerprint density at radius 2 is 2.16 bits per heavy atom. The zero-order valence-corrected chi connectivity index (χ0v) is 15.0. The zero-order valence-electron chi connectivity index (χ0n) is 15.0. The number of ether oxygens (including phenoxy) is 1. The monoisotopic (exact) mass is 349 g/mol. The van der Waals surface area contributed by atoms with Gasteiger partial charge in [-0.1, -0.05) is 19.8 Å². The van der Waals surface area contributed by atoms with Gasteiger partial charge < -0.3 is 15.0 Å². The Balaban J connectivity index is 1.69. The summed E-state index contributed by atoms with van der Waals surface area (Å²) in [4.78, 5) is 30.9. The highest BCUT2D eigenvalue weighted by molar-refractivity contribution is 5.87. The smallest absolute Gasteiger partial charge is 0.245 e. The summed E-state index contributed by atoms with van der Waals surface area (Å²) in [6.45, 7) is 4.87. The van der Waals surface area contributed by atoms with Crippen molar-refractivity contribution in [1.82, 2.24) is 25.4 Å². The van der Waals surface area contributed by atoms with Crippen LogP contribution in [0.4, 0.5) is 0 Å². The summed E-state index contributed by atoms with van der Waals surface area (Å²) in [5.41, 5.74) is 0. The molecule has 2 atom stereocenters. The maximum Gasteiger partial charge on any atom is 0.245 e. The van der Waals surface area contributed by atoms with Crippen molar-refractivity contribution < 1.29 is 14.3 Å². The Bertz CT molecular complexity index is 611. The van der Waals surface area contributed by atoms with Crippen molar-refractivity contribution in [1.29, 1.82) is 0 Å². The van der Waals surface area contributed by atoms with E-state index in [2.05, 4.69) is 20.5 Å². The van der Waals surface area contributed by atoms with Crippen molar-refractivity contribution in [2.45, 2.75) is 58.1 Å². The van der Waals surface area contributed by atoms with Gasteiger partial charge in [-0.05, 0) is 18.8 Å². The molecule has 8 nitrogen and oxygen atoms in total. The minimum Gasteiger partial charge on any atom is -0.366 e. The second-order valence-corrected chi connectivity index (χ2v) is 6.86. The minimum absolute atomic E-state index is 0.0124. The molecule has 2 aliphatic rings. The fraction of sp³-hybridized carbons (Fsp3) is 0.765. The molecule has 0 unspecified atom stereocenters. The van der Waals surface area contributed by atoms with Gasteiger partial charge >= 0.3 is 0 Å². The molecule has 1 saturated carbocycles. The Hall–Kier alpha value is -1.96. The van der Waals surface area contributed by atoms with Crippen LogP contribution in [0.15, 0.2) is 0 Å². The van der Waals surface area contributed by atoms with Gasteiger partial charge in [-0.15, -0.1) is 0 Å². The van der Waals surface area contributed by atoms with Crippen LogP contribution in [-0.2, 0) is 20.7 Å². The van der Waals surface area contributed by atoms with Crippen LogP contribution in [0.5, 0.6) is 0 Å². The number of morpholine rings is 1. The highest BCUT2D eigenvalue weighted by Gasteiger charge is 2.37. The van der Waals surface area contributed by atoms with Crippen molar-refractivity contribution in [3.05, 3.63) is 11.6 Å². The molecule has 2 N–H and O–H groups in total. The molecule has 1 aliphatic carbocycles. The van der Waals surface area contributed by atoms with Gasteiger partial charge in [0, 0.05) is 19.9 Å². The van der Waals surface area contributed by atoms with E-state index in [4.69, 9.17) is 4.74 Å². The predicted octanol–water partition coefficient (Wildman–Crippen LogP) is 0.962. The van der Waals surface area contributed by atoms with Gasteiger partial charge in [-0.25, -0.2) is 4.98 Å². The molecule has 2 amide bonds. The maximum absolute atomic E-state index is 13.1. The number of amides is 2. The molecule has 1 aromatic rings. The average Bonchev–Trinajstić information content (AvgIpc) is 3.30. The van der Waals surface area contributed by atoms with Crippen LogP contribution in [0.2, 0.25) is 0 Å². The molecule has 0 aromatic carbocycles. The molecule has 3 rings (SSSR count). The van der Waals surface area contributed by atoms with Crippen molar-refractivity contribution in [2.24, 2.45) is 5.92 Å². The van der Waals surface area contributed by atoms with Crippen molar-refractivity contribution >= 4 is 11.8 Å². The third kappa shape index (κ3) is 4.18. The average molecular weight is 349 g/mol. The molecular formula is C17H27N5O3. The van der Waals surface area contributed by atoms with Crippen molar-refractivity contribution in [2.75, 3.05) is 19.7 Å². The highest BCUT2D eigenvalue weighted by atomic mass is 16.5. The molecule has 2 heterocycles. The van der Waals surface area contributed by atoms with E-state index in [1.807, 2.05) is 6.92 Å². The van der Waals surface area contributed by atoms with Crippen LogP contribution in [0, 0.1) is 5.92 Å². The summed E-state index contributed by atoms with van der Waals surface area (Å²) in [5.74, 6) is 1.46. The number of carbonyl (C=O) groups is 2. The first-order chi connectivity index (χ1) is 12.1. The van der Waals surface area contributed by atoms with E-state index in [0.29, 0.717) is 25.5 Å². The summed E-state index contributed by atoms with van der Waals surface area (Å²) in [7, 11) is 0. The quantitative estimate of drug-likeness (QED) is 0.825. The Labute approximate surface area is 147 Å². The molecule has 0 bridgehead atoms. The first kappa shape index (κ1) is 17.8. The van der Waals surface area contributed by atoms with Crippen molar-refractivity contribution in [3.8, 4) is 0 Å². The lowest BCUT2D eigenvalue weighted by Gasteiger charge is -2.35. The van der Waals surface area contributed by atoms with E-state index in [0.717, 1.165) is 37.9 Å². The van der Waals surface area contributed by atoms with E-state index in [1.54, 1.807) is 4.90 Å². The van der Waals surface area contributed by atoms with Gasteiger partial charge in [-0.2, -0.15) is 5.10 Å². The number of nitrogens with one attached hydrogen (secondary N) is 2. The second kappa shape index (κ2) is 7.95. The third-order valence-corrected chi connectivity index (χ3v) is 5.05. The van der Waals surface area contributed by atoms with Crippen LogP contribution in [0.25, 0.3) is 0 Å². The number of carbonyl (C=O) groups excluding carboxylic acids is 2. The first-order valence-corrected chi connectivity index (χ1v) is 9.17. The first-order valence-electron chi connectivity index (χ1n) is 9.17. The van der Waals surface area contributed by atoms with Crippen LogP contribution >= 0.6 is 0 Å². The number of hydrogen-bond acceptors (Lipinski definition) is 5. The molecule has 2 fully saturated rings. The second-order valence-electron chi connectivity index (χ2n) is 6.86. The summed E-state index contributed by atoms with van der Waals surface area (Å²) in [6.07, 6.45) is 4.68. The minimum atomic E-state index is -0.433. The molecule has 1 aromatic heterocycles. The molecule has 25 heavy (non-hydrogen) atoms. The third-order valence-electron chi connectivity index (χ3n) is 5.05. The number of rotatable bonds is 5. The van der Waals surface area contributed by atoms with Crippen LogP contribution in [0.3, 0.4) is 0 Å². The molecule has 0 radical (unpaired) electrons. The van der Waals surface area contributed by atoms with Gasteiger partial charge in [0.05, 0.1) is 13.2 Å². The van der Waals surface area contributed by atoms with Gasteiger partial charge in [0.25, 0.3) is 0 Å². The van der Waals surface area contributed by atoms with Gasteiger partial charge in [0.1, 0.15) is 18.0 Å². The van der Waals surface area contributed by atoms with Gasteiger partial charge in [0.15, 0.2) is 5.82 Å². The summed E-state index contributed by atoms with van der Waals surface area (Å²) < 4.78 is 5.76. The summed E-state index contributed by atoms with van der Waals surface area (Å²) in [5, 5.41) is 9.97. The number of aryl methyl sites for hydroxylation is 1. The number of H-pyrrole nitrogens is 1. The van der Waals surface area contributed by atoms with E-state index in [9.17, 15) is 9.59 Å². The maximum atomic E-state index is 13.1. The highest BCUT2D eigenvalue weighted by Crippen LogP contribution is 2.29. The van der Waals surface area contributed by atoms with Crippen LogP contribution < -0.4 is 5.32 Å².